The Morgan fingerprint density at radius 1 is 0.762 bits per heavy atom. The molecule has 212 valence electrons. The molecule has 0 bridgehead atoms. The first-order chi connectivity index (χ1) is 20.5. The van der Waals surface area contributed by atoms with Gasteiger partial charge in [0.2, 0.25) is 0 Å². The number of nitrogens with one attached hydrogen (secondary N) is 1. The summed E-state index contributed by atoms with van der Waals surface area (Å²) in [4.78, 5) is 30.4. The highest BCUT2D eigenvalue weighted by Crippen LogP contribution is 2.48. The number of allylic oxidation sites excluding steroid dienone is 1. The van der Waals surface area contributed by atoms with Crippen LogP contribution in [0.2, 0.25) is 0 Å². The molecule has 2 aliphatic rings. The second-order valence-electron chi connectivity index (χ2n) is 10.4. The summed E-state index contributed by atoms with van der Waals surface area (Å²) in [5, 5.41) is 3.59. The Labute approximate surface area is 245 Å². The van der Waals surface area contributed by atoms with Crippen LogP contribution >= 0.6 is 0 Å². The van der Waals surface area contributed by atoms with Crippen LogP contribution in [0.3, 0.4) is 0 Å². The van der Waals surface area contributed by atoms with E-state index in [-0.39, 0.29) is 17.6 Å². The number of ketones is 1. The van der Waals surface area contributed by atoms with Crippen molar-refractivity contribution in [2.75, 3.05) is 31.5 Å². The number of nitrogens with zero attached hydrogens (tertiary/aromatic N) is 1. The quantitative estimate of drug-likeness (QED) is 0.276. The third kappa shape index (κ3) is 4.87. The van der Waals surface area contributed by atoms with Gasteiger partial charge in [-0.2, -0.15) is 0 Å². The van der Waals surface area contributed by atoms with Crippen molar-refractivity contribution in [2.24, 2.45) is 0 Å². The second-order valence-corrected chi connectivity index (χ2v) is 10.4. The molecule has 2 atom stereocenters. The molecule has 0 aromatic heterocycles. The van der Waals surface area contributed by atoms with Gasteiger partial charge in [-0.25, -0.2) is 0 Å². The van der Waals surface area contributed by atoms with Gasteiger partial charge in [0.1, 0.15) is 5.75 Å². The van der Waals surface area contributed by atoms with Crippen LogP contribution in [0.25, 0.3) is 0 Å². The molecule has 7 heteroatoms. The molecular formula is C35H32N2O5. The molecule has 0 spiro atoms. The summed E-state index contributed by atoms with van der Waals surface area (Å²) in [7, 11) is 4.83. The Morgan fingerprint density at radius 3 is 2.17 bits per heavy atom. The number of ether oxygens (including phenoxy) is 3. The van der Waals surface area contributed by atoms with E-state index >= 15 is 0 Å². The molecule has 6 rings (SSSR count). The first-order valence-corrected chi connectivity index (χ1v) is 13.9. The van der Waals surface area contributed by atoms with Gasteiger partial charge in [-0.05, 0) is 72.0 Å². The van der Waals surface area contributed by atoms with Crippen LogP contribution < -0.4 is 24.4 Å². The average molecular weight is 561 g/mol. The van der Waals surface area contributed by atoms with Gasteiger partial charge >= 0.3 is 0 Å². The first-order valence-electron chi connectivity index (χ1n) is 13.9. The normalized spacial score (nSPS) is 17.9. The molecule has 7 nitrogen and oxygen atoms in total. The van der Waals surface area contributed by atoms with E-state index in [0.29, 0.717) is 46.9 Å². The molecule has 1 amide bonds. The zero-order valence-corrected chi connectivity index (χ0v) is 23.8. The van der Waals surface area contributed by atoms with E-state index in [9.17, 15) is 9.59 Å². The second kappa shape index (κ2) is 11.4. The predicted octanol–water partition coefficient (Wildman–Crippen LogP) is 6.93. The van der Waals surface area contributed by atoms with E-state index in [4.69, 9.17) is 14.2 Å². The summed E-state index contributed by atoms with van der Waals surface area (Å²) in [5.41, 5.74) is 5.23. The van der Waals surface area contributed by atoms with Crippen molar-refractivity contribution in [1.29, 1.82) is 0 Å². The Morgan fingerprint density at radius 2 is 1.45 bits per heavy atom. The van der Waals surface area contributed by atoms with Gasteiger partial charge < -0.3 is 19.5 Å². The maximum atomic E-state index is 14.3. The zero-order chi connectivity index (χ0) is 29.2. The lowest BCUT2D eigenvalue weighted by molar-refractivity contribution is -0.116. The van der Waals surface area contributed by atoms with Crippen LogP contribution in [-0.2, 0) is 4.79 Å². The lowest BCUT2D eigenvalue weighted by Gasteiger charge is -2.35. The lowest BCUT2D eigenvalue weighted by atomic mass is 9.78. The number of rotatable bonds is 6. The maximum absolute atomic E-state index is 14.3. The molecule has 0 radical (unpaired) electrons. The third-order valence-electron chi connectivity index (χ3n) is 8.04. The standard InChI is InChI=1S/C35H32N2O5/c1-40-26-16-13-22(14-17-26)34-33-28(19-25(20-30(33)38)24-15-18-31(41-2)32(21-24)42-3)36-27-11-7-8-12-29(27)37(34)35(39)23-9-5-4-6-10-23/h4-18,21,25,34,36H,19-20H2,1-3H3. The number of carbonyl (C=O) groups is 2. The van der Waals surface area contributed by atoms with Gasteiger partial charge in [-0.15, -0.1) is 0 Å². The van der Waals surface area contributed by atoms with Crippen molar-refractivity contribution < 1.29 is 23.8 Å². The molecule has 2 unspecified atom stereocenters. The topological polar surface area (TPSA) is 77.1 Å². The van der Waals surface area contributed by atoms with Crippen LogP contribution in [0.1, 0.15) is 46.3 Å². The minimum Gasteiger partial charge on any atom is -0.497 e. The van der Waals surface area contributed by atoms with E-state index in [0.717, 1.165) is 22.5 Å². The molecule has 4 aromatic carbocycles. The number of para-hydroxylation sites is 2. The van der Waals surface area contributed by atoms with Crippen LogP contribution in [0.15, 0.2) is 108 Å². The monoisotopic (exact) mass is 560 g/mol. The number of Topliss-reactive ketones (excluding diaryl/α,β-unsaturated/α-hetero) is 1. The van der Waals surface area contributed by atoms with E-state index in [1.807, 2.05) is 84.9 Å². The Bertz CT molecular complexity index is 1660. The summed E-state index contributed by atoms with van der Waals surface area (Å²) in [5.74, 6) is 1.68. The van der Waals surface area contributed by atoms with E-state index < -0.39 is 6.04 Å². The molecule has 1 N–H and O–H groups in total. The zero-order valence-electron chi connectivity index (χ0n) is 23.8. The van der Waals surface area contributed by atoms with Crippen molar-refractivity contribution >= 4 is 23.1 Å². The van der Waals surface area contributed by atoms with Gasteiger partial charge in [-0.3, -0.25) is 14.5 Å². The minimum absolute atomic E-state index is 0.0111. The van der Waals surface area contributed by atoms with Crippen molar-refractivity contribution in [2.45, 2.75) is 24.8 Å². The van der Waals surface area contributed by atoms with Gasteiger partial charge in [0.05, 0.1) is 38.7 Å². The Hall–Kier alpha value is -5.04. The highest BCUT2D eigenvalue weighted by Gasteiger charge is 2.42. The van der Waals surface area contributed by atoms with Gasteiger partial charge in [0.15, 0.2) is 17.3 Å². The smallest absolute Gasteiger partial charge is 0.259 e. The number of fused-ring (bicyclic) bond motifs is 1. The first kappa shape index (κ1) is 27.1. The van der Waals surface area contributed by atoms with E-state index in [1.54, 1.807) is 38.4 Å². The van der Waals surface area contributed by atoms with Gasteiger partial charge in [-0.1, -0.05) is 48.5 Å². The SMILES string of the molecule is COc1ccc(C2C3=C(CC(c4ccc(OC)c(OC)c4)CC3=O)Nc3ccccc3N2C(=O)c2ccccc2)cc1. The maximum Gasteiger partial charge on any atom is 0.259 e. The molecule has 42 heavy (non-hydrogen) atoms. The number of carbonyl (C=O) groups excluding carboxylic acids is 2. The molecule has 0 saturated heterocycles. The number of hydrogen-bond acceptors (Lipinski definition) is 6. The largest absolute Gasteiger partial charge is 0.497 e. The Kier molecular flexibility index (Phi) is 7.40. The number of hydrogen-bond donors (Lipinski definition) is 1. The summed E-state index contributed by atoms with van der Waals surface area (Å²) in [6, 6.07) is 29.7. The molecule has 1 aliphatic carbocycles. The molecule has 4 aromatic rings. The van der Waals surface area contributed by atoms with Crippen molar-refractivity contribution in [3.05, 3.63) is 125 Å². The summed E-state index contributed by atoms with van der Waals surface area (Å²) < 4.78 is 16.4. The van der Waals surface area contributed by atoms with Gasteiger partial charge in [0, 0.05) is 23.3 Å². The number of amides is 1. The molecule has 1 aliphatic heterocycles. The summed E-state index contributed by atoms with van der Waals surface area (Å²) >= 11 is 0. The third-order valence-corrected chi connectivity index (χ3v) is 8.04. The summed E-state index contributed by atoms with van der Waals surface area (Å²) in [6.07, 6.45) is 0.886. The Balaban J connectivity index is 1.52. The van der Waals surface area contributed by atoms with Crippen molar-refractivity contribution in [3.8, 4) is 17.2 Å². The predicted molar refractivity (Wildman–Crippen MR) is 163 cm³/mol. The van der Waals surface area contributed by atoms with Crippen LogP contribution in [-0.4, -0.2) is 33.0 Å². The minimum atomic E-state index is -0.645. The van der Waals surface area contributed by atoms with Crippen LogP contribution in [0.4, 0.5) is 11.4 Å². The number of methoxy groups -OCH3 is 3. The van der Waals surface area contributed by atoms with E-state index in [1.165, 1.54) is 0 Å². The average Bonchev–Trinajstić information content (AvgIpc) is 3.19. The van der Waals surface area contributed by atoms with Crippen LogP contribution in [0, 0.1) is 0 Å². The fourth-order valence-electron chi connectivity index (χ4n) is 5.98. The van der Waals surface area contributed by atoms with Crippen molar-refractivity contribution in [1.82, 2.24) is 0 Å². The highest BCUT2D eigenvalue weighted by atomic mass is 16.5. The molecular weight excluding hydrogens is 528 g/mol. The van der Waals surface area contributed by atoms with Crippen LogP contribution in [0.5, 0.6) is 17.2 Å². The lowest BCUT2D eigenvalue weighted by Crippen LogP contribution is -2.38. The van der Waals surface area contributed by atoms with Crippen molar-refractivity contribution in [3.63, 3.8) is 0 Å². The van der Waals surface area contributed by atoms with E-state index in [2.05, 4.69) is 5.32 Å². The highest BCUT2D eigenvalue weighted by molar-refractivity contribution is 6.12. The molecule has 0 fully saturated rings. The number of anilines is 2. The molecule has 1 heterocycles. The molecule has 0 saturated carbocycles. The fraction of sp³-hybridized carbons (Fsp3) is 0.200. The fourth-order valence-corrected chi connectivity index (χ4v) is 5.98. The number of benzene rings is 4. The summed E-state index contributed by atoms with van der Waals surface area (Å²) in [6.45, 7) is 0. The van der Waals surface area contributed by atoms with Gasteiger partial charge in [0.25, 0.3) is 5.91 Å².